The zero-order chi connectivity index (χ0) is 14.5. The summed E-state index contributed by atoms with van der Waals surface area (Å²) in [7, 11) is 0. The van der Waals surface area contributed by atoms with Crippen LogP contribution in [-0.2, 0) is 16.0 Å². The van der Waals surface area contributed by atoms with Gasteiger partial charge in [0.25, 0.3) is 0 Å². The number of carbonyl (C=O) groups is 2. The lowest BCUT2D eigenvalue weighted by molar-refractivity contribution is -0.141. The normalized spacial score (nSPS) is 16.2. The molecule has 1 aliphatic carbocycles. The number of carboxylic acids is 1. The summed E-state index contributed by atoms with van der Waals surface area (Å²) in [6.07, 6.45) is 3.41. The highest BCUT2D eigenvalue weighted by atomic mass is 16.4. The molecule has 20 heavy (non-hydrogen) atoms. The molecule has 108 valence electrons. The van der Waals surface area contributed by atoms with Gasteiger partial charge >= 0.3 is 5.97 Å². The average molecular weight is 275 g/mol. The third kappa shape index (κ3) is 3.83. The number of aryl methyl sites for hydroxylation is 1. The number of aliphatic carboxylic acids is 1. The third-order valence-corrected chi connectivity index (χ3v) is 3.91. The number of hydrogen-bond donors (Lipinski definition) is 2. The zero-order valence-electron chi connectivity index (χ0n) is 11.8. The van der Waals surface area contributed by atoms with Gasteiger partial charge in [-0.05, 0) is 31.7 Å². The number of carboxylic acid groups (broad SMARTS) is 1. The van der Waals surface area contributed by atoms with Crippen molar-refractivity contribution in [3.8, 4) is 0 Å². The molecule has 2 N–H and O–H groups in total. The molecule has 0 bridgehead atoms. The van der Waals surface area contributed by atoms with Gasteiger partial charge in [-0.15, -0.1) is 0 Å². The zero-order valence-corrected chi connectivity index (χ0v) is 11.8. The van der Waals surface area contributed by atoms with Gasteiger partial charge in [0.15, 0.2) is 0 Å². The molecule has 0 aromatic heterocycles. The Morgan fingerprint density at radius 1 is 1.40 bits per heavy atom. The van der Waals surface area contributed by atoms with Crippen LogP contribution < -0.4 is 5.32 Å². The third-order valence-electron chi connectivity index (χ3n) is 3.91. The summed E-state index contributed by atoms with van der Waals surface area (Å²) in [5.41, 5.74) is 2.11. The molecule has 0 aliphatic heterocycles. The number of hydrogen-bond acceptors (Lipinski definition) is 2. The SMILES string of the molecule is Cc1cccc(CC(CNC(=O)C2CCC2)C(=O)O)c1. The van der Waals surface area contributed by atoms with E-state index in [4.69, 9.17) is 0 Å². The Bertz CT molecular complexity index is 494. The maximum absolute atomic E-state index is 11.8. The van der Waals surface area contributed by atoms with E-state index in [2.05, 4.69) is 5.32 Å². The molecule has 0 heterocycles. The highest BCUT2D eigenvalue weighted by Gasteiger charge is 2.26. The Morgan fingerprint density at radius 2 is 2.15 bits per heavy atom. The Hall–Kier alpha value is -1.84. The second kappa shape index (κ2) is 6.55. The highest BCUT2D eigenvalue weighted by Crippen LogP contribution is 2.26. The second-order valence-corrected chi connectivity index (χ2v) is 5.60. The lowest BCUT2D eigenvalue weighted by Crippen LogP contribution is -2.39. The van der Waals surface area contributed by atoms with Crippen molar-refractivity contribution in [2.45, 2.75) is 32.6 Å². The van der Waals surface area contributed by atoms with Crippen LogP contribution in [0.5, 0.6) is 0 Å². The van der Waals surface area contributed by atoms with Crippen molar-refractivity contribution in [1.82, 2.24) is 5.32 Å². The van der Waals surface area contributed by atoms with Gasteiger partial charge in [0.1, 0.15) is 0 Å². The van der Waals surface area contributed by atoms with E-state index in [1.54, 1.807) is 0 Å². The Labute approximate surface area is 119 Å². The molecule has 1 aromatic carbocycles. The van der Waals surface area contributed by atoms with Crippen molar-refractivity contribution < 1.29 is 14.7 Å². The fraction of sp³-hybridized carbons (Fsp3) is 0.500. The van der Waals surface area contributed by atoms with Gasteiger partial charge in [-0.2, -0.15) is 0 Å². The first kappa shape index (κ1) is 14.6. The van der Waals surface area contributed by atoms with Gasteiger partial charge in [0.2, 0.25) is 5.91 Å². The van der Waals surface area contributed by atoms with Crippen LogP contribution >= 0.6 is 0 Å². The van der Waals surface area contributed by atoms with E-state index in [1.165, 1.54) is 0 Å². The van der Waals surface area contributed by atoms with Crippen molar-refractivity contribution in [3.05, 3.63) is 35.4 Å². The average Bonchev–Trinajstić information content (AvgIpc) is 2.32. The summed E-state index contributed by atoms with van der Waals surface area (Å²) in [6.45, 7) is 2.19. The summed E-state index contributed by atoms with van der Waals surface area (Å²) < 4.78 is 0. The Balaban J connectivity index is 1.90. The summed E-state index contributed by atoms with van der Waals surface area (Å²) in [5.74, 6) is -1.32. The minimum absolute atomic E-state index is 0.00624. The van der Waals surface area contributed by atoms with Gasteiger partial charge < -0.3 is 10.4 Å². The number of carbonyl (C=O) groups excluding carboxylic acids is 1. The van der Waals surface area contributed by atoms with Crippen LogP contribution in [0.3, 0.4) is 0 Å². The molecule has 4 heteroatoms. The molecule has 4 nitrogen and oxygen atoms in total. The van der Waals surface area contributed by atoms with Crippen LogP contribution in [0.25, 0.3) is 0 Å². The van der Waals surface area contributed by atoms with Crippen LogP contribution in [0, 0.1) is 18.8 Å². The van der Waals surface area contributed by atoms with E-state index in [0.29, 0.717) is 6.42 Å². The lowest BCUT2D eigenvalue weighted by atomic mass is 9.84. The van der Waals surface area contributed by atoms with E-state index in [1.807, 2.05) is 31.2 Å². The first-order valence-electron chi connectivity index (χ1n) is 7.12. The minimum atomic E-state index is -0.861. The van der Waals surface area contributed by atoms with Crippen LogP contribution in [0.4, 0.5) is 0 Å². The van der Waals surface area contributed by atoms with E-state index in [9.17, 15) is 14.7 Å². The van der Waals surface area contributed by atoms with E-state index >= 15 is 0 Å². The first-order chi connectivity index (χ1) is 9.56. The van der Waals surface area contributed by atoms with Gasteiger partial charge in [-0.25, -0.2) is 0 Å². The molecule has 0 spiro atoms. The summed E-state index contributed by atoms with van der Waals surface area (Å²) >= 11 is 0. The predicted octanol–water partition coefficient (Wildman–Crippen LogP) is 2.15. The fourth-order valence-electron chi connectivity index (χ4n) is 2.41. The largest absolute Gasteiger partial charge is 0.481 e. The predicted molar refractivity (Wildman–Crippen MR) is 76.4 cm³/mol. The van der Waals surface area contributed by atoms with Crippen molar-refractivity contribution in [2.75, 3.05) is 6.54 Å². The molecule has 1 saturated carbocycles. The summed E-state index contributed by atoms with van der Waals surface area (Å²) in [6, 6.07) is 7.83. The van der Waals surface area contributed by atoms with Crippen LogP contribution in [-0.4, -0.2) is 23.5 Å². The maximum atomic E-state index is 11.8. The molecular weight excluding hydrogens is 254 g/mol. The molecule has 1 aromatic rings. The lowest BCUT2D eigenvalue weighted by Gasteiger charge is -2.25. The Kier molecular flexibility index (Phi) is 4.77. The quantitative estimate of drug-likeness (QED) is 0.836. The fourth-order valence-corrected chi connectivity index (χ4v) is 2.41. The molecule has 1 atom stereocenters. The van der Waals surface area contributed by atoms with Crippen molar-refractivity contribution in [2.24, 2.45) is 11.8 Å². The highest BCUT2D eigenvalue weighted by molar-refractivity contribution is 5.80. The van der Waals surface area contributed by atoms with Crippen LogP contribution in [0.15, 0.2) is 24.3 Å². The smallest absolute Gasteiger partial charge is 0.308 e. The monoisotopic (exact) mass is 275 g/mol. The van der Waals surface area contributed by atoms with E-state index in [0.717, 1.165) is 30.4 Å². The topological polar surface area (TPSA) is 66.4 Å². The number of amides is 1. The summed E-state index contributed by atoms with van der Waals surface area (Å²) in [4.78, 5) is 23.1. The number of benzene rings is 1. The molecule has 1 unspecified atom stereocenters. The van der Waals surface area contributed by atoms with E-state index < -0.39 is 11.9 Å². The van der Waals surface area contributed by atoms with Gasteiger partial charge in [-0.3, -0.25) is 9.59 Å². The molecule has 0 radical (unpaired) electrons. The van der Waals surface area contributed by atoms with Crippen molar-refractivity contribution >= 4 is 11.9 Å². The first-order valence-corrected chi connectivity index (χ1v) is 7.12. The number of rotatable bonds is 6. The van der Waals surface area contributed by atoms with E-state index in [-0.39, 0.29) is 18.4 Å². The minimum Gasteiger partial charge on any atom is -0.481 e. The Morgan fingerprint density at radius 3 is 2.70 bits per heavy atom. The van der Waals surface area contributed by atoms with Gasteiger partial charge in [0.05, 0.1) is 5.92 Å². The van der Waals surface area contributed by atoms with Crippen LogP contribution in [0.2, 0.25) is 0 Å². The van der Waals surface area contributed by atoms with Crippen LogP contribution in [0.1, 0.15) is 30.4 Å². The molecule has 1 amide bonds. The number of nitrogens with one attached hydrogen (secondary N) is 1. The maximum Gasteiger partial charge on any atom is 0.308 e. The molecule has 1 fully saturated rings. The second-order valence-electron chi connectivity index (χ2n) is 5.60. The van der Waals surface area contributed by atoms with Gasteiger partial charge in [0, 0.05) is 12.5 Å². The molecule has 1 aliphatic rings. The van der Waals surface area contributed by atoms with Crippen molar-refractivity contribution in [1.29, 1.82) is 0 Å². The molecule has 0 saturated heterocycles. The molecule has 2 rings (SSSR count). The summed E-state index contributed by atoms with van der Waals surface area (Å²) in [5, 5.41) is 12.1. The van der Waals surface area contributed by atoms with Gasteiger partial charge in [-0.1, -0.05) is 36.2 Å². The molecular formula is C16H21NO3. The van der Waals surface area contributed by atoms with Crippen molar-refractivity contribution in [3.63, 3.8) is 0 Å². The standard InChI is InChI=1S/C16H21NO3/c1-11-4-2-5-12(8-11)9-14(16(19)20)10-17-15(18)13-6-3-7-13/h2,4-5,8,13-14H,3,6-7,9-10H2,1H3,(H,17,18)(H,19,20).